The topological polar surface area (TPSA) is 40.6 Å². The summed E-state index contributed by atoms with van der Waals surface area (Å²) in [4.78, 5) is 29.5. The number of amides is 2. The zero-order chi connectivity index (χ0) is 23.3. The Morgan fingerprint density at radius 2 is 1.91 bits per heavy atom. The molecule has 0 N–H and O–H groups in total. The van der Waals surface area contributed by atoms with Gasteiger partial charge in [0.05, 0.1) is 12.2 Å². The van der Waals surface area contributed by atoms with Gasteiger partial charge in [-0.15, -0.1) is 11.8 Å². The van der Waals surface area contributed by atoms with Gasteiger partial charge in [-0.2, -0.15) is 0 Å². The molecule has 3 aromatic rings. The van der Waals surface area contributed by atoms with Crippen LogP contribution in [0.2, 0.25) is 5.02 Å². The molecule has 5 rings (SSSR count). The third-order valence-corrected chi connectivity index (χ3v) is 7.64. The van der Waals surface area contributed by atoms with Crippen LogP contribution in [0.5, 0.6) is 0 Å². The molecule has 2 amide bonds. The van der Waals surface area contributed by atoms with Crippen LogP contribution < -0.4 is 4.90 Å². The number of hydrogen-bond acceptors (Lipinski definition) is 3. The number of fused-ring (bicyclic) bond motifs is 2. The molecule has 3 aromatic carbocycles. The molecule has 168 valence electrons. The average Bonchev–Trinajstić information content (AvgIpc) is 3.33. The highest BCUT2D eigenvalue weighted by Gasteiger charge is 2.59. The molecule has 1 saturated heterocycles. The Hall–Kier alpha value is -2.90. The predicted molar refractivity (Wildman–Crippen MR) is 125 cm³/mol. The van der Waals surface area contributed by atoms with E-state index in [1.54, 1.807) is 34.1 Å². The van der Waals surface area contributed by atoms with Gasteiger partial charge < -0.3 is 9.80 Å². The highest BCUT2D eigenvalue weighted by Crippen LogP contribution is 2.55. The second kappa shape index (κ2) is 8.15. The van der Waals surface area contributed by atoms with Crippen LogP contribution in [-0.2, 0) is 16.2 Å². The van der Waals surface area contributed by atoms with E-state index in [4.69, 9.17) is 11.6 Å². The summed E-state index contributed by atoms with van der Waals surface area (Å²) in [7, 11) is 0. The van der Waals surface area contributed by atoms with Crippen LogP contribution in [0, 0.1) is 18.6 Å². The summed E-state index contributed by atoms with van der Waals surface area (Å²) >= 11 is 7.52. The third kappa shape index (κ3) is 3.50. The van der Waals surface area contributed by atoms with Crippen molar-refractivity contribution in [1.82, 2.24) is 4.90 Å². The first-order chi connectivity index (χ1) is 15.8. The summed E-state index contributed by atoms with van der Waals surface area (Å²) < 4.78 is 27.3. The van der Waals surface area contributed by atoms with Gasteiger partial charge in [0, 0.05) is 28.4 Å². The average molecular weight is 485 g/mol. The van der Waals surface area contributed by atoms with Crippen LogP contribution in [-0.4, -0.2) is 29.0 Å². The predicted octanol–water partition coefficient (Wildman–Crippen LogP) is 5.52. The summed E-state index contributed by atoms with van der Waals surface area (Å²) in [5.74, 6) is -1.87. The van der Waals surface area contributed by atoms with E-state index in [2.05, 4.69) is 0 Å². The lowest BCUT2D eigenvalue weighted by atomic mass is 10.0. The van der Waals surface area contributed by atoms with Crippen molar-refractivity contribution >= 4 is 40.9 Å². The van der Waals surface area contributed by atoms with E-state index in [0.717, 1.165) is 23.3 Å². The summed E-state index contributed by atoms with van der Waals surface area (Å²) in [5.41, 5.74) is 3.21. The minimum Gasteiger partial charge on any atom is -0.311 e. The van der Waals surface area contributed by atoms with E-state index >= 15 is 0 Å². The number of halogens is 3. The molecule has 0 aromatic heterocycles. The van der Waals surface area contributed by atoms with Crippen LogP contribution in [0.3, 0.4) is 0 Å². The van der Waals surface area contributed by atoms with Crippen molar-refractivity contribution in [3.05, 3.63) is 99.6 Å². The van der Waals surface area contributed by atoms with Crippen LogP contribution in [0.1, 0.15) is 27.0 Å². The highest BCUT2D eigenvalue weighted by atomic mass is 35.5. The van der Waals surface area contributed by atoms with Gasteiger partial charge in [-0.3, -0.25) is 9.59 Å². The van der Waals surface area contributed by atoms with Crippen molar-refractivity contribution < 1.29 is 18.4 Å². The molecule has 1 fully saturated rings. The van der Waals surface area contributed by atoms with Crippen LogP contribution >= 0.6 is 23.4 Å². The number of carbonyl (C=O) groups is 2. The quantitative estimate of drug-likeness (QED) is 0.492. The van der Waals surface area contributed by atoms with Gasteiger partial charge in [0.15, 0.2) is 16.5 Å². The Labute approximate surface area is 199 Å². The number of anilines is 1. The smallest absolute Gasteiger partial charge is 0.268 e. The Kier molecular flexibility index (Phi) is 5.41. The molecule has 0 saturated carbocycles. The first-order valence-corrected chi connectivity index (χ1v) is 11.8. The number of carbonyl (C=O) groups excluding carboxylic acids is 2. The maximum atomic E-state index is 14.0. The van der Waals surface area contributed by atoms with Gasteiger partial charge in [0.2, 0.25) is 0 Å². The normalized spacial score (nSPS) is 19.5. The summed E-state index contributed by atoms with van der Waals surface area (Å²) in [6, 6.07) is 15.9. The summed E-state index contributed by atoms with van der Waals surface area (Å²) in [6.07, 6.45) is 0. The molecule has 4 nitrogen and oxygen atoms in total. The largest absolute Gasteiger partial charge is 0.311 e. The number of nitrogens with zero attached hydrogens (tertiary/aromatic N) is 2. The van der Waals surface area contributed by atoms with Crippen molar-refractivity contribution in [2.24, 2.45) is 0 Å². The lowest BCUT2D eigenvalue weighted by Gasteiger charge is -2.33. The second-order valence-electron chi connectivity index (χ2n) is 8.12. The molecule has 33 heavy (non-hydrogen) atoms. The second-order valence-corrected chi connectivity index (χ2v) is 9.84. The van der Waals surface area contributed by atoms with E-state index in [-0.39, 0.29) is 18.4 Å². The minimum atomic E-state index is -1.22. The maximum Gasteiger partial charge on any atom is 0.268 e. The van der Waals surface area contributed by atoms with Crippen molar-refractivity contribution in [3.8, 4) is 0 Å². The number of benzene rings is 3. The van der Waals surface area contributed by atoms with Gasteiger partial charge in [-0.25, -0.2) is 8.78 Å². The summed E-state index contributed by atoms with van der Waals surface area (Å²) in [5, 5.41) is 0.440. The lowest BCUT2D eigenvalue weighted by molar-refractivity contribution is -0.123. The molecule has 8 heteroatoms. The van der Waals surface area contributed by atoms with E-state index in [1.807, 2.05) is 25.1 Å². The van der Waals surface area contributed by atoms with Crippen LogP contribution in [0.15, 0.2) is 60.7 Å². The van der Waals surface area contributed by atoms with Crippen molar-refractivity contribution in [2.75, 3.05) is 17.2 Å². The number of thioether (sulfide) groups is 1. The number of hydrogen-bond donors (Lipinski definition) is 0. The molecular formula is C25H19ClF2N2O2S. The van der Waals surface area contributed by atoms with Crippen molar-refractivity contribution in [1.29, 1.82) is 0 Å². The maximum absolute atomic E-state index is 14.0. The molecule has 0 unspecified atom stereocenters. The van der Waals surface area contributed by atoms with E-state index < -0.39 is 16.5 Å². The van der Waals surface area contributed by atoms with Gasteiger partial charge in [0.1, 0.15) is 0 Å². The summed E-state index contributed by atoms with van der Waals surface area (Å²) in [6.45, 7) is 2.39. The molecule has 2 aliphatic heterocycles. The van der Waals surface area contributed by atoms with Crippen molar-refractivity contribution in [3.63, 3.8) is 0 Å². The molecule has 1 atom stereocenters. The van der Waals surface area contributed by atoms with E-state index in [0.29, 0.717) is 34.1 Å². The van der Waals surface area contributed by atoms with Crippen LogP contribution in [0.25, 0.3) is 0 Å². The zero-order valence-corrected chi connectivity index (χ0v) is 19.2. The Balaban J connectivity index is 1.60. The first-order valence-electron chi connectivity index (χ1n) is 10.4. The zero-order valence-electron chi connectivity index (χ0n) is 17.6. The molecule has 0 aliphatic carbocycles. The molecule has 2 aliphatic rings. The molecule has 0 radical (unpaired) electrons. The number of rotatable bonds is 3. The fraction of sp³-hybridized carbons (Fsp3) is 0.200. The van der Waals surface area contributed by atoms with E-state index in [9.17, 15) is 18.4 Å². The monoisotopic (exact) mass is 484 g/mol. The molecule has 2 heterocycles. The fourth-order valence-electron chi connectivity index (χ4n) is 4.48. The molecule has 0 bridgehead atoms. The van der Waals surface area contributed by atoms with E-state index in [1.165, 1.54) is 17.8 Å². The van der Waals surface area contributed by atoms with Crippen LogP contribution in [0.4, 0.5) is 14.5 Å². The molecular weight excluding hydrogens is 466 g/mol. The Morgan fingerprint density at radius 1 is 1.09 bits per heavy atom. The van der Waals surface area contributed by atoms with Crippen molar-refractivity contribution in [2.45, 2.75) is 18.3 Å². The van der Waals surface area contributed by atoms with Gasteiger partial charge in [-0.1, -0.05) is 41.4 Å². The SMILES string of the molecule is Cc1ccc2c(c1)[C@@]1(SCCN1C(=O)c1cccc(Cl)c1)C(=O)N2Cc1ccc(F)c(F)c1. The van der Waals surface area contributed by atoms with Gasteiger partial charge in [-0.05, 0) is 48.9 Å². The Morgan fingerprint density at radius 3 is 2.67 bits per heavy atom. The standard InChI is InChI=1S/C25H19ClF2N2O2S/c1-15-5-8-22-19(11-15)25(24(32)29(22)14-16-6-7-20(27)21(28)12-16)30(9-10-33-25)23(31)17-3-2-4-18(26)13-17/h2-8,11-13H,9-10,14H2,1H3/t25-/m1/s1. The third-order valence-electron chi connectivity index (χ3n) is 5.99. The lowest BCUT2D eigenvalue weighted by Crippen LogP contribution is -2.50. The minimum absolute atomic E-state index is 0.0631. The fourth-order valence-corrected chi connectivity index (χ4v) is 6.13. The number of aryl methyl sites for hydroxylation is 1. The van der Waals surface area contributed by atoms with Gasteiger partial charge >= 0.3 is 0 Å². The highest BCUT2D eigenvalue weighted by molar-refractivity contribution is 8.01. The molecule has 1 spiro atoms. The Bertz CT molecular complexity index is 1300. The van der Waals surface area contributed by atoms with Gasteiger partial charge in [0.25, 0.3) is 11.8 Å². The first kappa shape index (κ1) is 21.9.